The number of aromatic nitrogens is 1. The second-order valence-corrected chi connectivity index (χ2v) is 10.1. The second kappa shape index (κ2) is 11.2. The van der Waals surface area contributed by atoms with Gasteiger partial charge in [-0.2, -0.15) is 0 Å². The molecule has 1 aliphatic rings. The summed E-state index contributed by atoms with van der Waals surface area (Å²) in [5.74, 6) is 0.449. The van der Waals surface area contributed by atoms with Crippen molar-refractivity contribution in [3.05, 3.63) is 81.9 Å². The predicted molar refractivity (Wildman–Crippen MR) is 156 cm³/mol. The van der Waals surface area contributed by atoms with Crippen LogP contribution < -0.4 is 15.5 Å². The Morgan fingerprint density at radius 1 is 1.13 bits per heavy atom. The van der Waals surface area contributed by atoms with Gasteiger partial charge in [-0.15, -0.1) is 0 Å². The highest BCUT2D eigenvalue weighted by atomic mass is 32.1. The molecule has 9 nitrogen and oxygen atoms in total. The largest absolute Gasteiger partial charge is 0.436 e. The first-order chi connectivity index (χ1) is 18.8. The molecule has 1 aromatic heterocycles. The average molecular weight is 544 g/mol. The van der Waals surface area contributed by atoms with Gasteiger partial charge < -0.3 is 14.6 Å². The van der Waals surface area contributed by atoms with Gasteiger partial charge in [0.2, 0.25) is 5.89 Å². The maximum atomic E-state index is 12.8. The van der Waals surface area contributed by atoms with Gasteiger partial charge in [0.05, 0.1) is 4.92 Å². The van der Waals surface area contributed by atoms with Crippen molar-refractivity contribution in [3.8, 4) is 11.5 Å². The molecule has 2 heterocycles. The van der Waals surface area contributed by atoms with E-state index in [4.69, 9.17) is 16.6 Å². The Morgan fingerprint density at radius 3 is 2.56 bits per heavy atom. The molecule has 0 saturated carbocycles. The van der Waals surface area contributed by atoms with Gasteiger partial charge in [-0.3, -0.25) is 20.2 Å². The van der Waals surface area contributed by atoms with Crippen LogP contribution in [-0.2, 0) is 0 Å². The van der Waals surface area contributed by atoms with E-state index in [2.05, 4.69) is 41.6 Å². The molecule has 0 aliphatic carbocycles. The number of oxazole rings is 1. The minimum absolute atomic E-state index is 0.0819. The molecule has 1 aliphatic heterocycles. The van der Waals surface area contributed by atoms with Crippen LogP contribution in [0.4, 0.5) is 17.1 Å². The van der Waals surface area contributed by atoms with E-state index in [0.717, 1.165) is 49.0 Å². The average Bonchev–Trinajstić information content (AvgIpc) is 3.62. The summed E-state index contributed by atoms with van der Waals surface area (Å²) in [6, 6.07) is 17.9. The molecule has 0 radical (unpaired) electrons. The molecule has 3 aromatic carbocycles. The van der Waals surface area contributed by atoms with Crippen molar-refractivity contribution in [1.29, 1.82) is 0 Å². The standard InChI is InChI=1S/C29H29N5O4S/c1-3-18(2)20-9-13-26-23(16-20)31-28(38-26)19-6-10-22(11-7-19)30-29(39)32-27(35)21-8-12-24(25(17-21)34(36)37)33-14-4-5-15-33/h6-13,16-18H,3-5,14-15H2,1-2H3,(H2,30,32,35,39)/t18-/m1/s1. The summed E-state index contributed by atoms with van der Waals surface area (Å²) in [5.41, 5.74) is 4.86. The van der Waals surface area contributed by atoms with Crippen molar-refractivity contribution in [1.82, 2.24) is 10.3 Å². The summed E-state index contributed by atoms with van der Waals surface area (Å²) in [6.45, 7) is 5.89. The molecule has 0 spiro atoms. The molecule has 2 N–H and O–H groups in total. The number of nitrogens with zero attached hydrogens (tertiary/aromatic N) is 3. The van der Waals surface area contributed by atoms with Crippen LogP contribution in [0.15, 0.2) is 65.1 Å². The van der Waals surface area contributed by atoms with Crippen LogP contribution in [0.5, 0.6) is 0 Å². The zero-order valence-electron chi connectivity index (χ0n) is 21.8. The van der Waals surface area contributed by atoms with Gasteiger partial charge in [-0.05, 0) is 91.5 Å². The number of nitro groups is 1. The highest BCUT2D eigenvalue weighted by molar-refractivity contribution is 7.80. The van der Waals surface area contributed by atoms with E-state index in [9.17, 15) is 14.9 Å². The molecule has 1 fully saturated rings. The number of hydrogen-bond acceptors (Lipinski definition) is 7. The van der Waals surface area contributed by atoms with E-state index in [0.29, 0.717) is 23.2 Å². The molecule has 0 unspecified atom stereocenters. The first kappa shape index (κ1) is 26.3. The van der Waals surface area contributed by atoms with Crippen molar-refractivity contribution in [2.24, 2.45) is 0 Å². The van der Waals surface area contributed by atoms with Crippen molar-refractivity contribution < 1.29 is 14.1 Å². The molecule has 39 heavy (non-hydrogen) atoms. The summed E-state index contributed by atoms with van der Waals surface area (Å²) in [6.07, 6.45) is 3.04. The van der Waals surface area contributed by atoms with Crippen LogP contribution in [0.2, 0.25) is 0 Å². The van der Waals surface area contributed by atoms with Crippen LogP contribution >= 0.6 is 12.2 Å². The monoisotopic (exact) mass is 543 g/mol. The number of thiocarbonyl (C=S) groups is 1. The van der Waals surface area contributed by atoms with E-state index < -0.39 is 10.8 Å². The first-order valence-corrected chi connectivity index (χ1v) is 13.4. The molecule has 10 heteroatoms. The van der Waals surface area contributed by atoms with Gasteiger partial charge in [0.25, 0.3) is 11.6 Å². The van der Waals surface area contributed by atoms with Crippen LogP contribution in [0, 0.1) is 10.1 Å². The maximum Gasteiger partial charge on any atom is 0.293 e. The fraction of sp³-hybridized carbons (Fsp3) is 0.276. The molecule has 4 aromatic rings. The van der Waals surface area contributed by atoms with Crippen molar-refractivity contribution >= 4 is 51.4 Å². The molecule has 1 amide bonds. The molecule has 5 rings (SSSR count). The molecule has 1 atom stereocenters. The van der Waals surface area contributed by atoms with Crippen LogP contribution in [0.25, 0.3) is 22.6 Å². The Kier molecular flexibility index (Phi) is 7.56. The Labute approximate surface area is 231 Å². The number of nitro benzene ring substituents is 1. The van der Waals surface area contributed by atoms with E-state index in [1.807, 2.05) is 35.2 Å². The third-order valence-electron chi connectivity index (χ3n) is 7.09. The lowest BCUT2D eigenvalue weighted by Gasteiger charge is -2.18. The lowest BCUT2D eigenvalue weighted by molar-refractivity contribution is -0.384. The maximum absolute atomic E-state index is 12.8. The summed E-state index contributed by atoms with van der Waals surface area (Å²) >= 11 is 5.31. The van der Waals surface area contributed by atoms with Gasteiger partial charge in [0.1, 0.15) is 11.2 Å². The molecular formula is C29H29N5O4S. The van der Waals surface area contributed by atoms with Crippen LogP contribution in [0.3, 0.4) is 0 Å². The number of hydrogen-bond donors (Lipinski definition) is 2. The summed E-state index contributed by atoms with van der Waals surface area (Å²) < 4.78 is 5.95. The molecule has 200 valence electrons. The first-order valence-electron chi connectivity index (χ1n) is 13.0. The predicted octanol–water partition coefficient (Wildman–Crippen LogP) is 6.64. The zero-order chi connectivity index (χ0) is 27.5. The van der Waals surface area contributed by atoms with E-state index in [-0.39, 0.29) is 16.4 Å². The van der Waals surface area contributed by atoms with E-state index in [1.54, 1.807) is 12.1 Å². The number of benzene rings is 3. The van der Waals surface area contributed by atoms with Crippen LogP contribution in [0.1, 0.15) is 54.9 Å². The lowest BCUT2D eigenvalue weighted by atomic mass is 9.98. The van der Waals surface area contributed by atoms with E-state index in [1.165, 1.54) is 11.6 Å². The number of rotatable bonds is 7. The summed E-state index contributed by atoms with van der Waals surface area (Å²) in [5, 5.41) is 17.3. The van der Waals surface area contributed by atoms with Gasteiger partial charge in [-0.25, -0.2) is 4.98 Å². The number of carbonyl (C=O) groups is 1. The molecular weight excluding hydrogens is 514 g/mol. The number of carbonyl (C=O) groups excluding carboxylic acids is 1. The lowest BCUT2D eigenvalue weighted by Crippen LogP contribution is -2.34. The highest BCUT2D eigenvalue weighted by Crippen LogP contribution is 2.32. The quantitative estimate of drug-likeness (QED) is 0.151. The van der Waals surface area contributed by atoms with Crippen molar-refractivity contribution in [2.45, 2.75) is 39.0 Å². The summed E-state index contributed by atoms with van der Waals surface area (Å²) in [7, 11) is 0. The minimum atomic E-state index is -0.525. The third kappa shape index (κ3) is 5.75. The van der Waals surface area contributed by atoms with Crippen molar-refractivity contribution in [3.63, 3.8) is 0 Å². The number of nitrogens with one attached hydrogen (secondary N) is 2. The van der Waals surface area contributed by atoms with E-state index >= 15 is 0 Å². The topological polar surface area (TPSA) is 114 Å². The Bertz CT molecular complexity index is 1540. The number of anilines is 2. The Balaban J connectivity index is 1.24. The smallest absolute Gasteiger partial charge is 0.293 e. The Hall–Kier alpha value is -4.31. The van der Waals surface area contributed by atoms with Gasteiger partial charge in [-0.1, -0.05) is 19.9 Å². The zero-order valence-corrected chi connectivity index (χ0v) is 22.6. The molecule has 1 saturated heterocycles. The second-order valence-electron chi connectivity index (χ2n) is 9.70. The fourth-order valence-electron chi connectivity index (χ4n) is 4.68. The summed E-state index contributed by atoms with van der Waals surface area (Å²) in [4.78, 5) is 30.6. The van der Waals surface area contributed by atoms with Crippen LogP contribution in [-0.4, -0.2) is 34.0 Å². The van der Waals surface area contributed by atoms with Gasteiger partial charge >= 0.3 is 0 Å². The minimum Gasteiger partial charge on any atom is -0.436 e. The Morgan fingerprint density at radius 2 is 1.87 bits per heavy atom. The normalized spacial score (nSPS) is 13.8. The van der Waals surface area contributed by atoms with Gasteiger partial charge in [0.15, 0.2) is 10.7 Å². The highest BCUT2D eigenvalue weighted by Gasteiger charge is 2.24. The van der Waals surface area contributed by atoms with Gasteiger partial charge in [0, 0.05) is 36.0 Å². The van der Waals surface area contributed by atoms with Crippen molar-refractivity contribution in [2.75, 3.05) is 23.3 Å². The number of amides is 1. The number of fused-ring (bicyclic) bond motifs is 1. The molecule has 0 bridgehead atoms. The third-order valence-corrected chi connectivity index (χ3v) is 7.29. The fourth-order valence-corrected chi connectivity index (χ4v) is 4.89. The SMILES string of the molecule is CC[C@@H](C)c1ccc2oc(-c3ccc(NC(=S)NC(=O)c4ccc(N5CCCC5)c([N+](=O)[O-])c4)cc3)nc2c1.